The Morgan fingerprint density at radius 1 is 1.50 bits per heavy atom. The first-order valence-electron chi connectivity index (χ1n) is 4.76. The first-order valence-corrected chi connectivity index (χ1v) is 5.14. The minimum Gasteiger partial charge on any atom is -0.486 e. The predicted molar refractivity (Wildman–Crippen MR) is 56.0 cm³/mol. The number of benzene rings is 1. The molecular formula is C11H13ClO2. The third-order valence-electron chi connectivity index (χ3n) is 2.27. The molecule has 14 heavy (non-hydrogen) atoms. The zero-order valence-corrected chi connectivity index (χ0v) is 8.88. The summed E-state index contributed by atoms with van der Waals surface area (Å²) in [5.41, 5.74) is 1.14. The third kappa shape index (κ3) is 2.20. The van der Waals surface area contributed by atoms with Crippen molar-refractivity contribution in [3.8, 4) is 5.75 Å². The van der Waals surface area contributed by atoms with Gasteiger partial charge in [-0.3, -0.25) is 0 Å². The van der Waals surface area contributed by atoms with Gasteiger partial charge >= 0.3 is 0 Å². The lowest BCUT2D eigenvalue weighted by atomic mass is 10.2. The van der Waals surface area contributed by atoms with Gasteiger partial charge in [0, 0.05) is 6.42 Å². The van der Waals surface area contributed by atoms with Gasteiger partial charge in [0.1, 0.15) is 11.9 Å². The van der Waals surface area contributed by atoms with Crippen molar-refractivity contribution in [3.05, 3.63) is 28.8 Å². The fraction of sp³-hybridized carbons (Fsp3) is 0.455. The molecule has 1 aromatic carbocycles. The molecule has 0 spiro atoms. The summed E-state index contributed by atoms with van der Waals surface area (Å²) >= 11 is 6.04. The summed E-state index contributed by atoms with van der Waals surface area (Å²) in [6, 6.07) is 5.82. The van der Waals surface area contributed by atoms with E-state index in [1.54, 1.807) is 0 Å². The van der Waals surface area contributed by atoms with Gasteiger partial charge in [-0.2, -0.15) is 0 Å². The molecule has 2 nitrogen and oxygen atoms in total. The molecule has 0 aliphatic carbocycles. The summed E-state index contributed by atoms with van der Waals surface area (Å²) in [6.45, 7) is 3.46. The van der Waals surface area contributed by atoms with Crippen LogP contribution in [0.4, 0.5) is 0 Å². The average Bonchev–Trinajstić information content (AvgIpc) is 2.62. The predicted octanol–water partition coefficient (Wildman–Crippen LogP) is 2.82. The van der Waals surface area contributed by atoms with Gasteiger partial charge in [0.05, 0.1) is 18.2 Å². The maximum absolute atomic E-state index is 6.04. The molecule has 0 bridgehead atoms. The standard InChI is InChI=1S/C11H13ClO2/c1-8-2-3-11(10(12)6-8)14-9-4-5-13-7-9/h2-3,6,9H,4-5,7H2,1H3. The first kappa shape index (κ1) is 9.81. The van der Waals surface area contributed by atoms with E-state index in [0.29, 0.717) is 11.6 Å². The number of ether oxygens (including phenoxy) is 2. The quantitative estimate of drug-likeness (QED) is 0.751. The lowest BCUT2D eigenvalue weighted by molar-refractivity contribution is 0.141. The molecule has 0 saturated carbocycles. The molecule has 1 unspecified atom stereocenters. The second-order valence-corrected chi connectivity index (χ2v) is 3.94. The van der Waals surface area contributed by atoms with E-state index in [2.05, 4.69) is 0 Å². The van der Waals surface area contributed by atoms with Crippen LogP contribution >= 0.6 is 11.6 Å². The fourth-order valence-electron chi connectivity index (χ4n) is 1.49. The van der Waals surface area contributed by atoms with Crippen LogP contribution in [0.5, 0.6) is 5.75 Å². The highest BCUT2D eigenvalue weighted by molar-refractivity contribution is 6.32. The molecule has 1 atom stereocenters. The highest BCUT2D eigenvalue weighted by atomic mass is 35.5. The summed E-state index contributed by atoms with van der Waals surface area (Å²) in [5, 5.41) is 0.678. The Morgan fingerprint density at radius 2 is 2.36 bits per heavy atom. The van der Waals surface area contributed by atoms with Crippen molar-refractivity contribution in [2.24, 2.45) is 0 Å². The molecule has 76 valence electrons. The summed E-state index contributed by atoms with van der Waals surface area (Å²) < 4.78 is 10.9. The molecule has 0 radical (unpaired) electrons. The highest BCUT2D eigenvalue weighted by Gasteiger charge is 2.18. The zero-order valence-electron chi connectivity index (χ0n) is 8.13. The maximum Gasteiger partial charge on any atom is 0.138 e. The van der Waals surface area contributed by atoms with Crippen molar-refractivity contribution in [2.75, 3.05) is 13.2 Å². The first-order chi connectivity index (χ1) is 6.75. The van der Waals surface area contributed by atoms with Crippen LogP contribution in [-0.4, -0.2) is 19.3 Å². The molecule has 1 heterocycles. The number of rotatable bonds is 2. The maximum atomic E-state index is 6.04. The van der Waals surface area contributed by atoms with Gasteiger partial charge in [-0.05, 0) is 24.6 Å². The van der Waals surface area contributed by atoms with Crippen LogP contribution in [0.25, 0.3) is 0 Å². The van der Waals surface area contributed by atoms with Crippen LogP contribution in [0.1, 0.15) is 12.0 Å². The molecule has 1 saturated heterocycles. The minimum absolute atomic E-state index is 0.162. The minimum atomic E-state index is 0.162. The Bertz CT molecular complexity index is 319. The smallest absolute Gasteiger partial charge is 0.138 e. The molecule has 0 amide bonds. The van der Waals surface area contributed by atoms with Crippen LogP contribution in [-0.2, 0) is 4.74 Å². The average molecular weight is 213 g/mol. The third-order valence-corrected chi connectivity index (χ3v) is 2.56. The van der Waals surface area contributed by atoms with Crippen LogP contribution in [0.2, 0.25) is 5.02 Å². The molecule has 0 N–H and O–H groups in total. The molecule has 2 rings (SSSR count). The van der Waals surface area contributed by atoms with Gasteiger partial charge < -0.3 is 9.47 Å². The van der Waals surface area contributed by atoms with E-state index in [4.69, 9.17) is 21.1 Å². The van der Waals surface area contributed by atoms with E-state index < -0.39 is 0 Å². The van der Waals surface area contributed by atoms with Gasteiger partial charge in [-0.1, -0.05) is 17.7 Å². The molecular weight excluding hydrogens is 200 g/mol. The van der Waals surface area contributed by atoms with Crippen molar-refractivity contribution in [1.29, 1.82) is 0 Å². The van der Waals surface area contributed by atoms with Crippen LogP contribution in [0.3, 0.4) is 0 Å². The van der Waals surface area contributed by atoms with Crippen molar-refractivity contribution >= 4 is 11.6 Å². The Labute approximate surface area is 88.8 Å². The summed E-state index contributed by atoms with van der Waals surface area (Å²) in [7, 11) is 0. The lowest BCUT2D eigenvalue weighted by Crippen LogP contribution is -2.15. The monoisotopic (exact) mass is 212 g/mol. The topological polar surface area (TPSA) is 18.5 Å². The van der Waals surface area contributed by atoms with Crippen molar-refractivity contribution in [1.82, 2.24) is 0 Å². The SMILES string of the molecule is Cc1ccc(OC2CCOC2)c(Cl)c1. The van der Waals surface area contributed by atoms with Gasteiger partial charge in [0.15, 0.2) is 0 Å². The zero-order chi connectivity index (χ0) is 9.97. The Hall–Kier alpha value is -0.730. The molecule has 0 aromatic heterocycles. The largest absolute Gasteiger partial charge is 0.486 e. The van der Waals surface area contributed by atoms with Gasteiger partial charge in [-0.15, -0.1) is 0 Å². The number of hydrogen-bond donors (Lipinski definition) is 0. The van der Waals surface area contributed by atoms with Crippen LogP contribution < -0.4 is 4.74 Å². The summed E-state index contributed by atoms with van der Waals surface area (Å²) in [6.07, 6.45) is 1.11. The molecule has 1 aliphatic rings. The van der Waals surface area contributed by atoms with E-state index in [1.807, 2.05) is 25.1 Å². The Kier molecular flexibility index (Phi) is 2.94. The fourth-order valence-corrected chi connectivity index (χ4v) is 1.77. The molecule has 1 aromatic rings. The number of hydrogen-bond acceptors (Lipinski definition) is 2. The normalized spacial score (nSPS) is 21.1. The van der Waals surface area contributed by atoms with Crippen LogP contribution in [0.15, 0.2) is 18.2 Å². The highest BCUT2D eigenvalue weighted by Crippen LogP contribution is 2.27. The van der Waals surface area contributed by atoms with Gasteiger partial charge in [0.2, 0.25) is 0 Å². The summed E-state index contributed by atoms with van der Waals surface area (Å²) in [5.74, 6) is 0.757. The Morgan fingerprint density at radius 3 is 3.00 bits per heavy atom. The number of halogens is 1. The summed E-state index contributed by atoms with van der Waals surface area (Å²) in [4.78, 5) is 0. The number of aryl methyl sites for hydroxylation is 1. The molecule has 1 aliphatic heterocycles. The molecule has 3 heteroatoms. The second kappa shape index (κ2) is 4.20. The van der Waals surface area contributed by atoms with Crippen LogP contribution in [0, 0.1) is 6.92 Å². The van der Waals surface area contributed by atoms with E-state index in [1.165, 1.54) is 0 Å². The van der Waals surface area contributed by atoms with Gasteiger partial charge in [-0.25, -0.2) is 0 Å². The van der Waals surface area contributed by atoms with E-state index >= 15 is 0 Å². The van der Waals surface area contributed by atoms with Crippen molar-refractivity contribution < 1.29 is 9.47 Å². The van der Waals surface area contributed by atoms with Crippen molar-refractivity contribution in [3.63, 3.8) is 0 Å². The van der Waals surface area contributed by atoms with Crippen molar-refractivity contribution in [2.45, 2.75) is 19.4 Å². The van der Waals surface area contributed by atoms with Gasteiger partial charge in [0.25, 0.3) is 0 Å². The lowest BCUT2D eigenvalue weighted by Gasteiger charge is -2.13. The Balaban J connectivity index is 2.08. The van der Waals surface area contributed by atoms with E-state index in [-0.39, 0.29) is 6.10 Å². The van der Waals surface area contributed by atoms with E-state index in [9.17, 15) is 0 Å². The van der Waals surface area contributed by atoms with E-state index in [0.717, 1.165) is 24.3 Å². The second-order valence-electron chi connectivity index (χ2n) is 3.54. The molecule has 1 fully saturated rings.